The van der Waals surface area contributed by atoms with Crippen LogP contribution in [0.15, 0.2) is 59.4 Å². The lowest BCUT2D eigenvalue weighted by Gasteiger charge is -2.10. The van der Waals surface area contributed by atoms with Gasteiger partial charge in [0.05, 0.1) is 11.1 Å². The number of aromatic nitrogens is 2. The van der Waals surface area contributed by atoms with Crippen LogP contribution in [0.3, 0.4) is 0 Å². The van der Waals surface area contributed by atoms with Gasteiger partial charge in [-0.15, -0.1) is 0 Å². The van der Waals surface area contributed by atoms with Crippen molar-refractivity contribution in [3.63, 3.8) is 0 Å². The molecular weight excluding hydrogens is 260 g/mol. The number of benzene rings is 2. The summed E-state index contributed by atoms with van der Waals surface area (Å²) < 4.78 is 1.66. The molecule has 1 saturated carbocycles. The van der Waals surface area contributed by atoms with Crippen molar-refractivity contribution >= 4 is 10.8 Å². The van der Waals surface area contributed by atoms with Gasteiger partial charge in [0.1, 0.15) is 0 Å². The molecule has 0 aliphatic heterocycles. The lowest BCUT2D eigenvalue weighted by molar-refractivity contribution is 0.541. The van der Waals surface area contributed by atoms with Crippen molar-refractivity contribution in [1.82, 2.24) is 9.78 Å². The third kappa shape index (κ3) is 2.25. The molecule has 1 fully saturated rings. The van der Waals surface area contributed by atoms with Gasteiger partial charge in [-0.05, 0) is 24.8 Å². The second kappa shape index (κ2) is 4.85. The van der Waals surface area contributed by atoms with E-state index in [1.54, 1.807) is 4.68 Å². The summed E-state index contributed by atoms with van der Waals surface area (Å²) in [6.45, 7) is 0.740. The molecule has 1 aromatic heterocycles. The summed E-state index contributed by atoms with van der Waals surface area (Å²) in [4.78, 5) is 12.6. The van der Waals surface area contributed by atoms with E-state index in [4.69, 9.17) is 0 Å². The number of hydrogen-bond acceptors (Lipinski definition) is 2. The normalized spacial score (nSPS) is 14.5. The molecule has 0 amide bonds. The lowest BCUT2D eigenvalue weighted by Crippen LogP contribution is -2.24. The molecule has 104 valence electrons. The Bertz CT molecular complexity index is 848. The van der Waals surface area contributed by atoms with Crippen molar-refractivity contribution in [1.29, 1.82) is 0 Å². The minimum absolute atomic E-state index is 0.0252. The van der Waals surface area contributed by atoms with Crippen LogP contribution in [0.5, 0.6) is 0 Å². The summed E-state index contributed by atoms with van der Waals surface area (Å²) in [5.41, 5.74) is 1.97. The maximum Gasteiger partial charge on any atom is 0.274 e. The molecule has 1 aliphatic carbocycles. The van der Waals surface area contributed by atoms with Crippen LogP contribution in [0, 0.1) is 5.92 Å². The van der Waals surface area contributed by atoms with Crippen LogP contribution in [0.1, 0.15) is 12.8 Å². The zero-order valence-corrected chi connectivity index (χ0v) is 11.7. The topological polar surface area (TPSA) is 34.9 Å². The third-order valence-corrected chi connectivity index (χ3v) is 4.04. The second-order valence-corrected chi connectivity index (χ2v) is 5.69. The maximum atomic E-state index is 12.6. The van der Waals surface area contributed by atoms with Gasteiger partial charge in [0.15, 0.2) is 0 Å². The van der Waals surface area contributed by atoms with Crippen molar-refractivity contribution in [2.24, 2.45) is 5.92 Å². The van der Waals surface area contributed by atoms with Crippen LogP contribution in [-0.2, 0) is 6.54 Å². The second-order valence-electron chi connectivity index (χ2n) is 5.69. The first-order valence-electron chi connectivity index (χ1n) is 7.38. The van der Waals surface area contributed by atoms with Gasteiger partial charge in [0, 0.05) is 17.5 Å². The maximum absolute atomic E-state index is 12.6. The van der Waals surface area contributed by atoms with E-state index in [1.165, 1.54) is 12.8 Å². The highest BCUT2D eigenvalue weighted by Crippen LogP contribution is 2.31. The molecule has 21 heavy (non-hydrogen) atoms. The number of nitrogens with zero attached hydrogens (tertiary/aromatic N) is 2. The Hall–Kier alpha value is -2.42. The van der Waals surface area contributed by atoms with Gasteiger partial charge >= 0.3 is 0 Å². The molecule has 0 spiro atoms. The van der Waals surface area contributed by atoms with Crippen molar-refractivity contribution in [2.45, 2.75) is 19.4 Å². The smallest absolute Gasteiger partial charge is 0.267 e. The largest absolute Gasteiger partial charge is 0.274 e. The van der Waals surface area contributed by atoms with Crippen LogP contribution in [0.4, 0.5) is 0 Å². The highest BCUT2D eigenvalue weighted by atomic mass is 16.1. The van der Waals surface area contributed by atoms with Crippen molar-refractivity contribution in [2.75, 3.05) is 0 Å². The molecule has 4 rings (SSSR count). The number of hydrogen-bond donors (Lipinski definition) is 0. The summed E-state index contributed by atoms with van der Waals surface area (Å²) in [6.07, 6.45) is 2.42. The first kappa shape index (κ1) is 12.3. The van der Waals surface area contributed by atoms with Gasteiger partial charge in [-0.2, -0.15) is 5.10 Å². The molecule has 0 atom stereocenters. The van der Waals surface area contributed by atoms with E-state index in [2.05, 4.69) is 5.10 Å². The van der Waals surface area contributed by atoms with Gasteiger partial charge in [0.25, 0.3) is 5.56 Å². The summed E-state index contributed by atoms with van der Waals surface area (Å²) in [6, 6.07) is 17.8. The van der Waals surface area contributed by atoms with Crippen LogP contribution in [0.2, 0.25) is 0 Å². The Morgan fingerprint density at radius 2 is 1.62 bits per heavy atom. The molecule has 3 nitrogen and oxygen atoms in total. The SMILES string of the molecule is O=c1c2ccccc2c(-c2ccccc2)nn1CC1CC1. The fourth-order valence-corrected chi connectivity index (χ4v) is 2.71. The van der Waals surface area contributed by atoms with Gasteiger partial charge in [0.2, 0.25) is 0 Å². The van der Waals surface area contributed by atoms with Crippen LogP contribution < -0.4 is 5.56 Å². The minimum atomic E-state index is 0.0252. The van der Waals surface area contributed by atoms with E-state index in [0.29, 0.717) is 5.92 Å². The highest BCUT2D eigenvalue weighted by molar-refractivity contribution is 5.93. The Morgan fingerprint density at radius 1 is 0.952 bits per heavy atom. The first-order chi connectivity index (χ1) is 10.3. The summed E-state index contributed by atoms with van der Waals surface area (Å²) in [7, 11) is 0. The van der Waals surface area contributed by atoms with Gasteiger partial charge in [-0.1, -0.05) is 48.5 Å². The van der Waals surface area contributed by atoms with E-state index in [-0.39, 0.29) is 5.56 Å². The van der Waals surface area contributed by atoms with Gasteiger partial charge < -0.3 is 0 Å². The van der Waals surface area contributed by atoms with Crippen molar-refractivity contribution < 1.29 is 0 Å². The number of rotatable bonds is 3. The quantitative estimate of drug-likeness (QED) is 0.734. The van der Waals surface area contributed by atoms with Gasteiger partial charge in [-0.3, -0.25) is 4.79 Å². The summed E-state index contributed by atoms with van der Waals surface area (Å²) in [5.74, 6) is 0.625. The van der Waals surface area contributed by atoms with Crippen LogP contribution in [-0.4, -0.2) is 9.78 Å². The van der Waals surface area contributed by atoms with E-state index in [1.807, 2.05) is 54.6 Å². The Kier molecular flexibility index (Phi) is 2.85. The molecule has 2 aromatic carbocycles. The van der Waals surface area contributed by atoms with Crippen LogP contribution in [0.25, 0.3) is 22.0 Å². The van der Waals surface area contributed by atoms with E-state index < -0.39 is 0 Å². The Labute approximate surface area is 122 Å². The molecule has 3 heteroatoms. The molecule has 0 radical (unpaired) electrons. The molecule has 1 aliphatic rings. The standard InChI is InChI=1S/C18H16N2O/c21-18-16-9-5-4-8-15(16)17(14-6-2-1-3-7-14)19-20(18)12-13-10-11-13/h1-9,13H,10-12H2. The van der Waals surface area contributed by atoms with Gasteiger partial charge in [-0.25, -0.2) is 4.68 Å². The Morgan fingerprint density at radius 3 is 2.33 bits per heavy atom. The van der Waals surface area contributed by atoms with Crippen LogP contribution >= 0.6 is 0 Å². The highest BCUT2D eigenvalue weighted by Gasteiger charge is 2.23. The molecular formula is C18H16N2O. The first-order valence-corrected chi connectivity index (χ1v) is 7.38. The molecule has 1 heterocycles. The predicted molar refractivity (Wildman–Crippen MR) is 84.2 cm³/mol. The molecule has 3 aromatic rings. The molecule has 0 bridgehead atoms. The fourth-order valence-electron chi connectivity index (χ4n) is 2.71. The zero-order valence-electron chi connectivity index (χ0n) is 11.7. The molecule has 0 N–H and O–H groups in total. The third-order valence-electron chi connectivity index (χ3n) is 4.04. The predicted octanol–water partition coefficient (Wildman–Crippen LogP) is 3.47. The van der Waals surface area contributed by atoms with E-state index in [9.17, 15) is 4.79 Å². The summed E-state index contributed by atoms with van der Waals surface area (Å²) in [5, 5.41) is 6.34. The molecule has 0 unspecified atom stereocenters. The number of fused-ring (bicyclic) bond motifs is 1. The minimum Gasteiger partial charge on any atom is -0.267 e. The van der Waals surface area contributed by atoms with E-state index in [0.717, 1.165) is 28.6 Å². The Balaban J connectivity index is 1.99. The lowest BCUT2D eigenvalue weighted by atomic mass is 10.1. The average Bonchev–Trinajstić information content (AvgIpc) is 3.35. The summed E-state index contributed by atoms with van der Waals surface area (Å²) >= 11 is 0. The molecule has 0 saturated heterocycles. The zero-order chi connectivity index (χ0) is 14.2. The fraction of sp³-hybridized carbons (Fsp3) is 0.222. The van der Waals surface area contributed by atoms with E-state index >= 15 is 0 Å². The monoisotopic (exact) mass is 276 g/mol. The average molecular weight is 276 g/mol. The van der Waals surface area contributed by atoms with Crippen molar-refractivity contribution in [3.05, 3.63) is 65.0 Å². The van der Waals surface area contributed by atoms with Crippen molar-refractivity contribution in [3.8, 4) is 11.3 Å².